The van der Waals surface area contributed by atoms with Crippen LogP contribution in [0.4, 0.5) is 11.5 Å². The fraction of sp³-hybridized carbons (Fsp3) is 0.174. The first kappa shape index (κ1) is 19.4. The highest BCUT2D eigenvalue weighted by Crippen LogP contribution is 2.30. The molecule has 4 rings (SSSR count). The summed E-state index contributed by atoms with van der Waals surface area (Å²) in [7, 11) is 0. The number of benzene rings is 2. The molecular weight excluding hydrogens is 378 g/mol. The molecule has 0 radical (unpaired) electrons. The summed E-state index contributed by atoms with van der Waals surface area (Å²) in [5.41, 5.74) is 4.70. The number of carbonyl (C=O) groups excluding carboxylic acids is 1. The molecule has 1 aromatic heterocycles. The Balaban J connectivity index is 1.82. The summed E-state index contributed by atoms with van der Waals surface area (Å²) in [6.07, 6.45) is 1.74. The lowest BCUT2D eigenvalue weighted by molar-refractivity contribution is -0.138. The third kappa shape index (κ3) is 3.96. The van der Waals surface area contributed by atoms with Crippen LogP contribution in [0.3, 0.4) is 0 Å². The van der Waals surface area contributed by atoms with Gasteiger partial charge in [-0.1, -0.05) is 35.9 Å². The number of aromatic nitrogens is 2. The molecule has 30 heavy (non-hydrogen) atoms. The molecule has 0 atom stereocenters. The zero-order valence-corrected chi connectivity index (χ0v) is 17.1. The number of esters is 1. The second-order valence-electron chi connectivity index (χ2n) is 6.92. The Morgan fingerprint density at radius 3 is 2.53 bits per heavy atom. The van der Waals surface area contributed by atoms with Crippen LogP contribution in [0.15, 0.2) is 65.3 Å². The minimum Gasteiger partial charge on any atom is -0.461 e. The second kappa shape index (κ2) is 8.24. The number of carbonyl (C=O) groups is 1. The van der Waals surface area contributed by atoms with Crippen LogP contribution in [0.25, 0.3) is 11.8 Å². The smallest absolute Gasteiger partial charge is 0.354 e. The molecule has 0 saturated heterocycles. The minimum absolute atomic E-state index is 0.283. The molecule has 0 unspecified atom stereocenters. The number of fused-ring (bicyclic) bond motifs is 1. The number of hydrogen-bond donors (Lipinski definition) is 2. The zero-order valence-electron chi connectivity index (χ0n) is 17.1. The third-order valence-electron chi connectivity index (χ3n) is 4.65. The lowest BCUT2D eigenvalue weighted by Gasteiger charge is -2.13. The molecule has 1 aliphatic heterocycles. The predicted molar refractivity (Wildman–Crippen MR) is 118 cm³/mol. The number of anilines is 1. The molecule has 7 heteroatoms. The number of guanidine groups is 1. The van der Waals surface area contributed by atoms with E-state index in [1.165, 1.54) is 0 Å². The van der Waals surface area contributed by atoms with Gasteiger partial charge in [0, 0.05) is 11.3 Å². The van der Waals surface area contributed by atoms with E-state index in [0.29, 0.717) is 17.5 Å². The van der Waals surface area contributed by atoms with Crippen LogP contribution >= 0.6 is 0 Å². The maximum absolute atomic E-state index is 12.5. The summed E-state index contributed by atoms with van der Waals surface area (Å²) in [6.45, 7) is 5.98. The van der Waals surface area contributed by atoms with Gasteiger partial charge in [-0.05, 0) is 51.1 Å². The van der Waals surface area contributed by atoms with Crippen molar-refractivity contribution < 1.29 is 9.53 Å². The van der Waals surface area contributed by atoms with Crippen molar-refractivity contribution in [2.75, 3.05) is 11.9 Å². The van der Waals surface area contributed by atoms with E-state index in [9.17, 15) is 4.79 Å². The maximum atomic E-state index is 12.5. The van der Waals surface area contributed by atoms with Crippen LogP contribution in [0.2, 0.25) is 0 Å². The van der Waals surface area contributed by atoms with Crippen LogP contribution < -0.4 is 10.6 Å². The lowest BCUT2D eigenvalue weighted by atomic mass is 10.2. The molecule has 0 saturated carbocycles. The average molecular weight is 401 g/mol. The van der Waals surface area contributed by atoms with E-state index < -0.39 is 5.97 Å². The Morgan fingerprint density at radius 1 is 1.10 bits per heavy atom. The number of nitrogens with one attached hydrogen (secondary N) is 2. The molecule has 1 aliphatic rings. The van der Waals surface area contributed by atoms with Gasteiger partial charge >= 0.3 is 5.97 Å². The highest BCUT2D eigenvalue weighted by atomic mass is 16.5. The number of aryl methyl sites for hydroxylation is 2. The summed E-state index contributed by atoms with van der Waals surface area (Å²) in [5.74, 6) is 0.588. The first-order valence-electron chi connectivity index (χ1n) is 9.78. The van der Waals surface area contributed by atoms with Gasteiger partial charge in [0.2, 0.25) is 5.96 Å². The molecule has 0 aliphatic carbocycles. The van der Waals surface area contributed by atoms with E-state index in [0.717, 1.165) is 28.2 Å². The molecule has 0 spiro atoms. The quantitative estimate of drug-likeness (QED) is 0.644. The topological polar surface area (TPSA) is 80.5 Å². The third-order valence-corrected chi connectivity index (χ3v) is 4.65. The predicted octanol–water partition coefficient (Wildman–Crippen LogP) is 4.10. The number of nitrogens with zero attached hydrogens (tertiary/aromatic N) is 3. The molecule has 2 aromatic carbocycles. The first-order valence-corrected chi connectivity index (χ1v) is 9.78. The van der Waals surface area contributed by atoms with Crippen LogP contribution in [-0.2, 0) is 9.53 Å². The van der Waals surface area contributed by atoms with E-state index in [4.69, 9.17) is 9.73 Å². The zero-order chi connectivity index (χ0) is 21.1. The Morgan fingerprint density at radius 2 is 1.83 bits per heavy atom. The lowest BCUT2D eigenvalue weighted by Crippen LogP contribution is -2.33. The molecule has 2 N–H and O–H groups in total. The van der Waals surface area contributed by atoms with Crippen molar-refractivity contribution in [3.63, 3.8) is 0 Å². The number of hydrogen-bond acceptors (Lipinski definition) is 6. The standard InChI is InChI=1S/C23H23N5O2/c1-4-30-22(29)20-14-19-16(3)27-28(18-8-6-5-7-9-18)21(19)26-23(25-20)24-17-12-10-15(2)11-13-17/h5-14H,4H2,1-3H3,(H2,24,25,26). The van der Waals surface area contributed by atoms with E-state index in [2.05, 4.69) is 15.7 Å². The molecule has 0 fully saturated rings. The van der Waals surface area contributed by atoms with Gasteiger partial charge < -0.3 is 15.4 Å². The van der Waals surface area contributed by atoms with Crippen molar-refractivity contribution in [2.24, 2.45) is 4.99 Å². The Labute approximate surface area is 175 Å². The van der Waals surface area contributed by atoms with Crippen LogP contribution in [0, 0.1) is 13.8 Å². The van der Waals surface area contributed by atoms with Crippen LogP contribution in [-0.4, -0.2) is 28.3 Å². The van der Waals surface area contributed by atoms with Crippen molar-refractivity contribution in [1.82, 2.24) is 15.1 Å². The van der Waals surface area contributed by atoms with Crippen LogP contribution in [0.1, 0.15) is 23.7 Å². The van der Waals surface area contributed by atoms with E-state index in [1.807, 2.05) is 68.4 Å². The summed E-state index contributed by atoms with van der Waals surface area (Å²) in [4.78, 5) is 17.3. The van der Waals surface area contributed by atoms with Crippen LogP contribution in [0.5, 0.6) is 0 Å². The first-order chi connectivity index (χ1) is 14.5. The minimum atomic E-state index is -0.449. The Kier molecular flexibility index (Phi) is 5.34. The summed E-state index contributed by atoms with van der Waals surface area (Å²) < 4.78 is 6.99. The van der Waals surface area contributed by atoms with Crippen molar-refractivity contribution >= 4 is 29.5 Å². The summed E-state index contributed by atoms with van der Waals surface area (Å²) in [6, 6.07) is 17.7. The average Bonchev–Trinajstić information content (AvgIpc) is 2.93. The summed E-state index contributed by atoms with van der Waals surface area (Å²) in [5, 5.41) is 11.0. The molecule has 7 nitrogen and oxygen atoms in total. The van der Waals surface area contributed by atoms with Gasteiger partial charge in [0.1, 0.15) is 5.70 Å². The van der Waals surface area contributed by atoms with Gasteiger partial charge in [-0.25, -0.2) is 9.48 Å². The van der Waals surface area contributed by atoms with Crippen molar-refractivity contribution in [1.29, 1.82) is 0 Å². The van der Waals surface area contributed by atoms with Gasteiger partial charge in [-0.15, -0.1) is 0 Å². The van der Waals surface area contributed by atoms with Gasteiger partial charge in [-0.2, -0.15) is 10.1 Å². The highest BCUT2D eigenvalue weighted by Gasteiger charge is 2.23. The molecule has 0 amide bonds. The number of para-hydroxylation sites is 1. The molecular formula is C23H23N5O2. The number of aliphatic imine (C=N–C) groups is 1. The van der Waals surface area contributed by atoms with Gasteiger partial charge in [0.15, 0.2) is 5.82 Å². The van der Waals surface area contributed by atoms with E-state index in [1.54, 1.807) is 17.7 Å². The summed E-state index contributed by atoms with van der Waals surface area (Å²) >= 11 is 0. The fourth-order valence-corrected chi connectivity index (χ4v) is 3.15. The largest absolute Gasteiger partial charge is 0.461 e. The molecule has 0 bridgehead atoms. The van der Waals surface area contributed by atoms with Crippen molar-refractivity contribution in [3.05, 3.63) is 77.1 Å². The van der Waals surface area contributed by atoms with E-state index >= 15 is 0 Å². The Bertz CT molecular complexity index is 1130. The van der Waals surface area contributed by atoms with Crippen molar-refractivity contribution in [2.45, 2.75) is 20.8 Å². The number of ether oxygens (including phenoxy) is 1. The molecule has 3 aromatic rings. The molecule has 152 valence electrons. The monoisotopic (exact) mass is 401 g/mol. The van der Waals surface area contributed by atoms with E-state index in [-0.39, 0.29) is 6.61 Å². The van der Waals surface area contributed by atoms with Crippen molar-refractivity contribution in [3.8, 4) is 5.69 Å². The highest BCUT2D eigenvalue weighted by molar-refractivity contribution is 6.05. The Hall–Kier alpha value is -3.87. The molecule has 2 heterocycles. The SMILES string of the molecule is CCOC(=O)C1=Cc2c(C)nn(-c3ccccc3)c2N=C(Nc2ccc(C)cc2)N1. The van der Waals surface area contributed by atoms with Gasteiger partial charge in [-0.3, -0.25) is 0 Å². The van der Waals surface area contributed by atoms with Gasteiger partial charge in [0.05, 0.1) is 18.0 Å². The second-order valence-corrected chi connectivity index (χ2v) is 6.92. The van der Waals surface area contributed by atoms with Gasteiger partial charge in [0.25, 0.3) is 0 Å². The maximum Gasteiger partial charge on any atom is 0.354 e. The normalized spacial score (nSPS) is 12.8. The fourth-order valence-electron chi connectivity index (χ4n) is 3.15. The number of rotatable bonds is 4.